The second kappa shape index (κ2) is 10.2. The average Bonchev–Trinajstić information content (AvgIpc) is 3.23. The Labute approximate surface area is 180 Å². The first kappa shape index (κ1) is 22.5. The number of rotatable bonds is 9. The minimum atomic E-state index is -4.39. The average molecular weight is 452 g/mol. The standard InChI is InChI=1S/C20H19F3N4O3S/c1-29-16-8-4-15(5-9-16)27-13-25-26-19(27)31-11-18(28)24-10-14-2-6-17(7-3-14)30-12-20(21,22)23/h2-9,13H,10-12H2,1H3,(H,24,28). The van der Waals surface area contributed by atoms with Crippen molar-refractivity contribution in [2.75, 3.05) is 19.5 Å². The van der Waals surface area contributed by atoms with Crippen molar-refractivity contribution in [2.24, 2.45) is 0 Å². The maximum atomic E-state index is 12.2. The normalized spacial score (nSPS) is 11.2. The van der Waals surface area contributed by atoms with E-state index in [1.807, 2.05) is 24.3 Å². The topological polar surface area (TPSA) is 78.3 Å². The molecule has 0 radical (unpaired) electrons. The highest BCUT2D eigenvalue weighted by Crippen LogP contribution is 2.22. The summed E-state index contributed by atoms with van der Waals surface area (Å²) in [7, 11) is 1.59. The smallest absolute Gasteiger partial charge is 0.422 e. The summed E-state index contributed by atoms with van der Waals surface area (Å²) < 4.78 is 48.1. The second-order valence-corrected chi connectivity index (χ2v) is 7.24. The molecule has 2 aromatic carbocycles. The second-order valence-electron chi connectivity index (χ2n) is 6.29. The molecule has 0 bridgehead atoms. The summed E-state index contributed by atoms with van der Waals surface area (Å²) in [5, 5.41) is 11.3. The Morgan fingerprint density at radius 3 is 2.42 bits per heavy atom. The Kier molecular flexibility index (Phi) is 7.40. The van der Waals surface area contributed by atoms with Gasteiger partial charge in [0.05, 0.1) is 12.9 Å². The molecule has 0 aliphatic rings. The Bertz CT molecular complexity index is 992. The summed E-state index contributed by atoms with van der Waals surface area (Å²) >= 11 is 1.23. The number of hydrogen-bond acceptors (Lipinski definition) is 6. The Morgan fingerprint density at radius 1 is 1.10 bits per heavy atom. The van der Waals surface area contributed by atoms with Gasteiger partial charge in [0.2, 0.25) is 5.91 Å². The van der Waals surface area contributed by atoms with Crippen molar-refractivity contribution in [3.63, 3.8) is 0 Å². The third-order valence-electron chi connectivity index (χ3n) is 4.01. The van der Waals surface area contributed by atoms with E-state index in [-0.39, 0.29) is 24.0 Å². The lowest BCUT2D eigenvalue weighted by molar-refractivity contribution is -0.153. The van der Waals surface area contributed by atoms with Crippen molar-refractivity contribution < 1.29 is 27.4 Å². The highest BCUT2D eigenvalue weighted by Gasteiger charge is 2.28. The highest BCUT2D eigenvalue weighted by molar-refractivity contribution is 7.99. The van der Waals surface area contributed by atoms with Crippen LogP contribution in [0.15, 0.2) is 60.0 Å². The van der Waals surface area contributed by atoms with Gasteiger partial charge in [-0.25, -0.2) is 0 Å². The number of aromatic nitrogens is 3. The summed E-state index contributed by atoms with van der Waals surface area (Å²) in [6.07, 6.45) is -2.83. The van der Waals surface area contributed by atoms with E-state index in [2.05, 4.69) is 20.3 Å². The SMILES string of the molecule is COc1ccc(-n2cnnc2SCC(=O)NCc2ccc(OCC(F)(F)F)cc2)cc1. The number of alkyl halides is 3. The zero-order valence-electron chi connectivity index (χ0n) is 16.4. The number of halogens is 3. The van der Waals surface area contributed by atoms with Crippen molar-refractivity contribution in [3.8, 4) is 17.2 Å². The molecule has 0 atom stereocenters. The molecule has 0 unspecified atom stereocenters. The molecular formula is C20H19F3N4O3S. The van der Waals surface area contributed by atoms with Crippen LogP contribution in [0, 0.1) is 0 Å². The van der Waals surface area contributed by atoms with Gasteiger partial charge in [0.15, 0.2) is 11.8 Å². The van der Waals surface area contributed by atoms with E-state index < -0.39 is 12.8 Å². The molecular weight excluding hydrogens is 433 g/mol. The molecule has 0 spiro atoms. The molecule has 0 saturated carbocycles. The van der Waals surface area contributed by atoms with Crippen LogP contribution in [0.3, 0.4) is 0 Å². The van der Waals surface area contributed by atoms with Gasteiger partial charge in [-0.1, -0.05) is 23.9 Å². The maximum absolute atomic E-state index is 12.2. The van der Waals surface area contributed by atoms with E-state index >= 15 is 0 Å². The van der Waals surface area contributed by atoms with Crippen LogP contribution in [0.2, 0.25) is 0 Å². The lowest BCUT2D eigenvalue weighted by atomic mass is 10.2. The molecule has 0 fully saturated rings. The van der Waals surface area contributed by atoms with E-state index in [1.54, 1.807) is 30.1 Å². The lowest BCUT2D eigenvalue weighted by Crippen LogP contribution is -2.24. The van der Waals surface area contributed by atoms with Gasteiger partial charge >= 0.3 is 6.18 Å². The Balaban J connectivity index is 1.47. The first-order valence-corrected chi connectivity index (χ1v) is 10.0. The molecule has 0 aliphatic heterocycles. The summed E-state index contributed by atoms with van der Waals surface area (Å²) in [6.45, 7) is -1.11. The molecule has 164 valence electrons. The van der Waals surface area contributed by atoms with Gasteiger partial charge in [0.25, 0.3) is 0 Å². The maximum Gasteiger partial charge on any atom is 0.422 e. The number of hydrogen-bond donors (Lipinski definition) is 1. The van der Waals surface area contributed by atoms with Crippen LogP contribution in [0.1, 0.15) is 5.56 Å². The predicted molar refractivity (Wildman–Crippen MR) is 108 cm³/mol. The molecule has 1 aromatic heterocycles. The summed E-state index contributed by atoms with van der Waals surface area (Å²) in [5.41, 5.74) is 1.57. The van der Waals surface area contributed by atoms with Crippen molar-refractivity contribution in [1.29, 1.82) is 0 Å². The lowest BCUT2D eigenvalue weighted by Gasteiger charge is -2.10. The van der Waals surface area contributed by atoms with Crippen LogP contribution in [0.5, 0.6) is 11.5 Å². The van der Waals surface area contributed by atoms with Crippen LogP contribution in [-0.2, 0) is 11.3 Å². The minimum absolute atomic E-state index is 0.112. The molecule has 0 aliphatic carbocycles. The number of carbonyl (C=O) groups excluding carboxylic acids is 1. The van der Waals surface area contributed by atoms with Crippen molar-refractivity contribution in [3.05, 3.63) is 60.4 Å². The Morgan fingerprint density at radius 2 is 1.77 bits per heavy atom. The highest BCUT2D eigenvalue weighted by atomic mass is 32.2. The van der Waals surface area contributed by atoms with Gasteiger partial charge in [-0.15, -0.1) is 10.2 Å². The number of nitrogens with zero attached hydrogens (tertiary/aromatic N) is 3. The molecule has 3 aromatic rings. The predicted octanol–water partition coefficient (Wildman–Crippen LogP) is 3.63. The molecule has 3 rings (SSSR count). The van der Waals surface area contributed by atoms with E-state index in [1.165, 1.54) is 23.9 Å². The minimum Gasteiger partial charge on any atom is -0.497 e. The molecule has 1 amide bonds. The van der Waals surface area contributed by atoms with Crippen molar-refractivity contribution in [2.45, 2.75) is 17.9 Å². The molecule has 11 heteroatoms. The molecule has 7 nitrogen and oxygen atoms in total. The fourth-order valence-corrected chi connectivity index (χ4v) is 3.25. The van der Waals surface area contributed by atoms with E-state index in [9.17, 15) is 18.0 Å². The molecule has 1 N–H and O–H groups in total. The number of benzene rings is 2. The van der Waals surface area contributed by atoms with E-state index in [4.69, 9.17) is 4.74 Å². The first-order valence-electron chi connectivity index (χ1n) is 9.06. The Hall–Kier alpha value is -3.21. The summed E-state index contributed by atoms with van der Waals surface area (Å²) in [4.78, 5) is 12.2. The van der Waals surface area contributed by atoms with Crippen LogP contribution in [0.25, 0.3) is 5.69 Å². The van der Waals surface area contributed by atoms with Gasteiger partial charge in [-0.05, 0) is 42.0 Å². The zero-order valence-corrected chi connectivity index (χ0v) is 17.2. The fourth-order valence-electron chi connectivity index (χ4n) is 2.49. The van der Waals surface area contributed by atoms with Crippen LogP contribution < -0.4 is 14.8 Å². The van der Waals surface area contributed by atoms with Crippen LogP contribution >= 0.6 is 11.8 Å². The summed E-state index contributed by atoms with van der Waals surface area (Å²) in [5.74, 6) is 0.750. The van der Waals surface area contributed by atoms with Gasteiger partial charge in [0, 0.05) is 12.2 Å². The van der Waals surface area contributed by atoms with E-state index in [0.29, 0.717) is 5.16 Å². The quantitative estimate of drug-likeness (QED) is 0.500. The number of amides is 1. The zero-order chi connectivity index (χ0) is 22.3. The number of thioether (sulfide) groups is 1. The number of methoxy groups -OCH3 is 1. The van der Waals surface area contributed by atoms with E-state index in [0.717, 1.165) is 17.0 Å². The number of carbonyl (C=O) groups is 1. The first-order chi connectivity index (χ1) is 14.8. The van der Waals surface area contributed by atoms with Gasteiger partial charge in [-0.2, -0.15) is 13.2 Å². The number of nitrogens with one attached hydrogen (secondary N) is 1. The molecule has 1 heterocycles. The van der Waals surface area contributed by atoms with Gasteiger partial charge in [-0.3, -0.25) is 9.36 Å². The van der Waals surface area contributed by atoms with Crippen molar-refractivity contribution in [1.82, 2.24) is 20.1 Å². The fraction of sp³-hybridized carbons (Fsp3) is 0.250. The number of ether oxygens (including phenoxy) is 2. The molecule has 0 saturated heterocycles. The summed E-state index contributed by atoms with van der Waals surface area (Å²) in [6, 6.07) is 13.4. The third kappa shape index (κ3) is 6.92. The monoisotopic (exact) mass is 452 g/mol. The van der Waals surface area contributed by atoms with Crippen LogP contribution in [-0.4, -0.2) is 46.3 Å². The molecule has 31 heavy (non-hydrogen) atoms. The van der Waals surface area contributed by atoms with Gasteiger partial charge in [0.1, 0.15) is 17.8 Å². The van der Waals surface area contributed by atoms with Crippen LogP contribution in [0.4, 0.5) is 13.2 Å². The largest absolute Gasteiger partial charge is 0.497 e. The van der Waals surface area contributed by atoms with Crippen molar-refractivity contribution >= 4 is 17.7 Å². The third-order valence-corrected chi connectivity index (χ3v) is 4.96. The van der Waals surface area contributed by atoms with Gasteiger partial charge < -0.3 is 14.8 Å².